The first-order chi connectivity index (χ1) is 8.93. The number of H-pyrrole nitrogens is 1. The molecular formula is C13H18ClN3O2. The summed E-state index contributed by atoms with van der Waals surface area (Å²) in [6.07, 6.45) is 2.12. The van der Waals surface area contributed by atoms with Crippen molar-refractivity contribution in [1.82, 2.24) is 15.1 Å². The van der Waals surface area contributed by atoms with E-state index >= 15 is 0 Å². The van der Waals surface area contributed by atoms with Crippen LogP contribution in [0.1, 0.15) is 35.9 Å². The Labute approximate surface area is 116 Å². The maximum atomic E-state index is 12.4. The summed E-state index contributed by atoms with van der Waals surface area (Å²) in [5.41, 5.74) is 0.217. The van der Waals surface area contributed by atoms with Crippen molar-refractivity contribution in [2.75, 3.05) is 13.1 Å². The summed E-state index contributed by atoms with van der Waals surface area (Å²) < 4.78 is 0. The largest absolute Gasteiger partial charge is 0.387 e. The molecule has 104 valence electrons. The molecule has 6 heteroatoms. The predicted molar refractivity (Wildman–Crippen MR) is 71.1 cm³/mol. The Morgan fingerprint density at radius 3 is 2.79 bits per heavy atom. The van der Waals surface area contributed by atoms with Gasteiger partial charge in [-0.3, -0.25) is 9.89 Å². The highest BCUT2D eigenvalue weighted by atomic mass is 35.5. The number of hydrogen-bond acceptors (Lipinski definition) is 3. The first-order valence-corrected chi connectivity index (χ1v) is 7.03. The van der Waals surface area contributed by atoms with Crippen LogP contribution in [-0.4, -0.2) is 44.8 Å². The number of amides is 1. The summed E-state index contributed by atoms with van der Waals surface area (Å²) in [5.74, 6) is 0.247. The van der Waals surface area contributed by atoms with Crippen molar-refractivity contribution in [1.29, 1.82) is 0 Å². The molecule has 0 bridgehead atoms. The van der Waals surface area contributed by atoms with E-state index in [1.54, 1.807) is 11.8 Å². The molecule has 2 fully saturated rings. The third-order valence-electron chi connectivity index (χ3n) is 4.44. The number of aliphatic hydroxyl groups is 1. The Kier molecular flexibility index (Phi) is 2.87. The van der Waals surface area contributed by atoms with Gasteiger partial charge in [0.2, 0.25) is 0 Å². The van der Waals surface area contributed by atoms with Crippen LogP contribution in [0.15, 0.2) is 0 Å². The minimum absolute atomic E-state index is 0.0998. The maximum absolute atomic E-state index is 12.4. The van der Waals surface area contributed by atoms with Crippen molar-refractivity contribution >= 4 is 17.5 Å². The van der Waals surface area contributed by atoms with Gasteiger partial charge in [-0.2, -0.15) is 5.10 Å². The zero-order valence-corrected chi connectivity index (χ0v) is 11.9. The van der Waals surface area contributed by atoms with Crippen LogP contribution in [0.5, 0.6) is 0 Å². The zero-order chi connectivity index (χ0) is 13.8. The minimum Gasteiger partial charge on any atom is -0.387 e. The van der Waals surface area contributed by atoms with E-state index in [2.05, 4.69) is 10.2 Å². The van der Waals surface area contributed by atoms with Crippen molar-refractivity contribution in [2.24, 2.45) is 11.8 Å². The van der Waals surface area contributed by atoms with E-state index in [0.29, 0.717) is 29.7 Å². The molecule has 3 rings (SSSR count). The van der Waals surface area contributed by atoms with Crippen molar-refractivity contribution in [3.05, 3.63) is 16.4 Å². The zero-order valence-electron chi connectivity index (χ0n) is 11.1. The average molecular weight is 284 g/mol. The van der Waals surface area contributed by atoms with Gasteiger partial charge in [-0.1, -0.05) is 18.5 Å². The first-order valence-electron chi connectivity index (χ1n) is 6.65. The van der Waals surface area contributed by atoms with Crippen LogP contribution in [0.3, 0.4) is 0 Å². The summed E-state index contributed by atoms with van der Waals surface area (Å²) in [4.78, 5) is 14.1. The lowest BCUT2D eigenvalue weighted by Crippen LogP contribution is -2.40. The lowest BCUT2D eigenvalue weighted by atomic mass is 9.88. The minimum atomic E-state index is -0.729. The molecule has 1 aromatic rings. The van der Waals surface area contributed by atoms with Gasteiger partial charge >= 0.3 is 0 Å². The molecule has 2 N–H and O–H groups in total. The van der Waals surface area contributed by atoms with Gasteiger partial charge in [-0.15, -0.1) is 0 Å². The van der Waals surface area contributed by atoms with Crippen LogP contribution in [0, 0.1) is 18.8 Å². The average Bonchev–Trinajstić information content (AvgIpc) is 3.11. The molecule has 0 aromatic carbocycles. The Morgan fingerprint density at radius 1 is 1.58 bits per heavy atom. The number of carbonyl (C=O) groups excluding carboxylic acids is 1. The molecule has 19 heavy (non-hydrogen) atoms. The number of rotatable bonds is 2. The molecule has 2 aliphatic rings. The molecule has 0 radical (unpaired) electrons. The van der Waals surface area contributed by atoms with E-state index in [0.717, 1.165) is 12.8 Å². The van der Waals surface area contributed by atoms with E-state index in [-0.39, 0.29) is 17.5 Å². The van der Waals surface area contributed by atoms with Crippen molar-refractivity contribution in [3.8, 4) is 0 Å². The molecule has 5 nitrogen and oxygen atoms in total. The van der Waals surface area contributed by atoms with Gasteiger partial charge in [-0.25, -0.2) is 0 Å². The lowest BCUT2D eigenvalue weighted by Gasteiger charge is -2.26. The molecule has 2 unspecified atom stereocenters. The third kappa shape index (κ3) is 1.96. The number of nitrogens with one attached hydrogen (secondary N) is 1. The molecule has 1 aliphatic heterocycles. The number of aryl methyl sites for hydroxylation is 1. The number of carbonyl (C=O) groups is 1. The second-order valence-corrected chi connectivity index (χ2v) is 6.24. The van der Waals surface area contributed by atoms with Gasteiger partial charge in [0, 0.05) is 12.5 Å². The topological polar surface area (TPSA) is 69.2 Å². The highest BCUT2D eigenvalue weighted by Crippen LogP contribution is 2.47. The number of nitrogens with zero attached hydrogens (tertiary/aromatic N) is 2. The number of aromatic nitrogens is 2. The maximum Gasteiger partial charge on any atom is 0.276 e. The normalized spacial score (nSPS) is 30.9. The van der Waals surface area contributed by atoms with Crippen molar-refractivity contribution < 1.29 is 9.90 Å². The van der Waals surface area contributed by atoms with Gasteiger partial charge in [0.15, 0.2) is 5.69 Å². The van der Waals surface area contributed by atoms with E-state index < -0.39 is 5.60 Å². The van der Waals surface area contributed by atoms with Gasteiger partial charge in [-0.05, 0) is 25.7 Å². The van der Waals surface area contributed by atoms with Gasteiger partial charge in [0.1, 0.15) is 0 Å². The molecule has 1 aromatic heterocycles. The summed E-state index contributed by atoms with van der Waals surface area (Å²) in [7, 11) is 0. The smallest absolute Gasteiger partial charge is 0.276 e. The SMILES string of the molecule is Cc1[nH]nc(C(=O)N2CC(C)C(O)(C3CC3)C2)c1Cl. The molecule has 1 amide bonds. The predicted octanol–water partition coefficient (Wildman–Crippen LogP) is 1.60. The molecule has 1 saturated heterocycles. The summed E-state index contributed by atoms with van der Waals surface area (Å²) >= 11 is 6.06. The highest BCUT2D eigenvalue weighted by molar-refractivity contribution is 6.34. The molecule has 1 saturated carbocycles. The fourth-order valence-corrected chi connectivity index (χ4v) is 3.16. The molecule has 1 aliphatic carbocycles. The standard InChI is InChI=1S/C13H18ClN3O2/c1-7-5-17(6-13(7,19)9-3-4-9)12(18)11-10(14)8(2)15-16-11/h7,9,19H,3-6H2,1-2H3,(H,15,16). The monoisotopic (exact) mass is 283 g/mol. The molecule has 0 spiro atoms. The van der Waals surface area contributed by atoms with E-state index in [1.807, 2.05) is 6.92 Å². The Hall–Kier alpha value is -1.07. The molecular weight excluding hydrogens is 266 g/mol. The second-order valence-electron chi connectivity index (χ2n) is 5.86. The summed E-state index contributed by atoms with van der Waals surface area (Å²) in [5, 5.41) is 17.7. The van der Waals surface area contributed by atoms with Crippen LogP contribution in [0.25, 0.3) is 0 Å². The number of β-amino-alcohol motifs (C(OH)–C–C–N with tert-alkyl or cyclic N) is 1. The third-order valence-corrected chi connectivity index (χ3v) is 4.90. The summed E-state index contributed by atoms with van der Waals surface area (Å²) in [6, 6.07) is 0. The number of halogens is 1. The summed E-state index contributed by atoms with van der Waals surface area (Å²) in [6.45, 7) is 4.73. The van der Waals surface area contributed by atoms with Gasteiger partial charge < -0.3 is 10.0 Å². The Morgan fingerprint density at radius 2 is 2.26 bits per heavy atom. The lowest BCUT2D eigenvalue weighted by molar-refractivity contribution is -0.00367. The van der Waals surface area contributed by atoms with Crippen molar-refractivity contribution in [2.45, 2.75) is 32.3 Å². The fraction of sp³-hybridized carbons (Fsp3) is 0.692. The van der Waals surface area contributed by atoms with Crippen LogP contribution >= 0.6 is 11.6 Å². The Bertz CT molecular complexity index is 526. The van der Waals surface area contributed by atoms with Gasteiger partial charge in [0.25, 0.3) is 5.91 Å². The van der Waals surface area contributed by atoms with Crippen molar-refractivity contribution in [3.63, 3.8) is 0 Å². The number of hydrogen-bond donors (Lipinski definition) is 2. The van der Waals surface area contributed by atoms with Crippen LogP contribution in [0.2, 0.25) is 5.02 Å². The quantitative estimate of drug-likeness (QED) is 0.866. The molecule has 2 atom stereocenters. The second kappa shape index (κ2) is 4.21. The highest BCUT2D eigenvalue weighted by Gasteiger charge is 2.53. The Balaban J connectivity index is 1.81. The van der Waals surface area contributed by atoms with Crippen LogP contribution in [-0.2, 0) is 0 Å². The van der Waals surface area contributed by atoms with E-state index in [9.17, 15) is 9.90 Å². The number of aromatic amines is 1. The van der Waals surface area contributed by atoms with Gasteiger partial charge in [0.05, 0.1) is 22.9 Å². The first kappa shape index (κ1) is 12.9. The van der Waals surface area contributed by atoms with E-state index in [4.69, 9.17) is 11.6 Å². The molecule has 2 heterocycles. The van der Waals surface area contributed by atoms with E-state index in [1.165, 1.54) is 0 Å². The fourth-order valence-electron chi connectivity index (χ4n) is 2.99. The van der Waals surface area contributed by atoms with Crippen LogP contribution in [0.4, 0.5) is 0 Å². The number of likely N-dealkylation sites (tertiary alicyclic amines) is 1. The van der Waals surface area contributed by atoms with Crippen LogP contribution < -0.4 is 0 Å².